The van der Waals surface area contributed by atoms with Gasteiger partial charge in [0.2, 0.25) is 0 Å². The summed E-state index contributed by atoms with van der Waals surface area (Å²) in [6.45, 7) is 7.78. The third-order valence-corrected chi connectivity index (χ3v) is 2.50. The van der Waals surface area contributed by atoms with Crippen LogP contribution in [0, 0.1) is 0 Å². The van der Waals surface area contributed by atoms with Crippen LogP contribution >= 0.6 is 0 Å². The second-order valence-electron chi connectivity index (χ2n) is 4.37. The molecular formula is C14H23NO2. The fourth-order valence-corrected chi connectivity index (χ4v) is 1.69. The molecule has 3 nitrogen and oxygen atoms in total. The quantitative estimate of drug-likeness (QED) is 0.740. The summed E-state index contributed by atoms with van der Waals surface area (Å²) < 4.78 is 10.8. The maximum Gasteiger partial charge on any atom is 0.124 e. The minimum atomic E-state index is 0.197. The highest BCUT2D eigenvalue weighted by atomic mass is 16.5. The van der Waals surface area contributed by atoms with Gasteiger partial charge in [-0.05, 0) is 26.8 Å². The lowest BCUT2D eigenvalue weighted by Crippen LogP contribution is -2.23. The van der Waals surface area contributed by atoms with E-state index < -0.39 is 0 Å². The Bertz CT molecular complexity index is 326. The molecule has 0 aliphatic heterocycles. The molecule has 1 atom stereocenters. The van der Waals surface area contributed by atoms with E-state index in [0.717, 1.165) is 18.9 Å². The molecule has 0 aromatic heterocycles. The van der Waals surface area contributed by atoms with E-state index in [0.29, 0.717) is 0 Å². The molecule has 1 aromatic carbocycles. The van der Waals surface area contributed by atoms with E-state index in [1.54, 1.807) is 7.11 Å². The minimum Gasteiger partial charge on any atom is -0.491 e. The number of hydrogen-bond acceptors (Lipinski definition) is 3. The fourth-order valence-electron chi connectivity index (χ4n) is 1.69. The largest absolute Gasteiger partial charge is 0.491 e. The molecule has 0 spiro atoms. The van der Waals surface area contributed by atoms with Gasteiger partial charge in [0, 0.05) is 25.3 Å². The Hall–Kier alpha value is -1.06. The molecule has 0 bridgehead atoms. The van der Waals surface area contributed by atoms with Crippen molar-refractivity contribution in [1.29, 1.82) is 0 Å². The average Bonchev–Trinajstić information content (AvgIpc) is 2.29. The first-order valence-electron chi connectivity index (χ1n) is 6.13. The highest BCUT2D eigenvalue weighted by molar-refractivity contribution is 5.35. The van der Waals surface area contributed by atoms with Gasteiger partial charge in [0.05, 0.1) is 12.7 Å². The van der Waals surface area contributed by atoms with Crippen molar-refractivity contribution in [1.82, 2.24) is 5.32 Å². The van der Waals surface area contributed by atoms with Crippen molar-refractivity contribution in [3.05, 3.63) is 29.8 Å². The predicted molar refractivity (Wildman–Crippen MR) is 70.5 cm³/mol. The summed E-state index contributed by atoms with van der Waals surface area (Å²) in [4.78, 5) is 0. The Balaban J connectivity index is 2.67. The van der Waals surface area contributed by atoms with E-state index in [2.05, 4.69) is 18.3 Å². The second-order valence-corrected chi connectivity index (χ2v) is 4.37. The van der Waals surface area contributed by atoms with Gasteiger partial charge >= 0.3 is 0 Å². The molecule has 0 heterocycles. The van der Waals surface area contributed by atoms with Crippen LogP contribution in [-0.4, -0.2) is 26.4 Å². The van der Waals surface area contributed by atoms with Crippen LogP contribution in [0.2, 0.25) is 0 Å². The summed E-state index contributed by atoms with van der Waals surface area (Å²) in [5, 5.41) is 3.41. The Morgan fingerprint density at radius 1 is 1.18 bits per heavy atom. The Morgan fingerprint density at radius 3 is 2.53 bits per heavy atom. The maximum atomic E-state index is 5.80. The van der Waals surface area contributed by atoms with Crippen LogP contribution in [0.25, 0.3) is 0 Å². The number of para-hydroxylation sites is 1. The average molecular weight is 237 g/mol. The lowest BCUT2D eigenvalue weighted by atomic mass is 10.1. The summed E-state index contributed by atoms with van der Waals surface area (Å²) >= 11 is 0. The summed E-state index contributed by atoms with van der Waals surface area (Å²) in [6.07, 6.45) is 0.197. The van der Waals surface area contributed by atoms with E-state index in [-0.39, 0.29) is 12.1 Å². The second kappa shape index (κ2) is 7.30. The Morgan fingerprint density at radius 2 is 1.88 bits per heavy atom. The number of nitrogens with one attached hydrogen (secondary N) is 1. The van der Waals surface area contributed by atoms with E-state index in [1.165, 1.54) is 5.56 Å². The predicted octanol–water partition coefficient (Wildman–Crippen LogP) is 2.77. The topological polar surface area (TPSA) is 30.5 Å². The molecule has 1 unspecified atom stereocenters. The monoisotopic (exact) mass is 237 g/mol. The SMILES string of the molecule is COCCNC(C)c1ccccc1OC(C)C. The molecule has 0 fully saturated rings. The van der Waals surface area contributed by atoms with Crippen LogP contribution in [0.5, 0.6) is 5.75 Å². The highest BCUT2D eigenvalue weighted by Gasteiger charge is 2.11. The third kappa shape index (κ3) is 4.75. The molecule has 0 aliphatic rings. The van der Waals surface area contributed by atoms with Crippen LogP contribution in [0.4, 0.5) is 0 Å². The standard InChI is InChI=1S/C14H23NO2/c1-11(2)17-14-8-6-5-7-13(14)12(3)15-9-10-16-4/h5-8,11-12,15H,9-10H2,1-4H3. The molecule has 96 valence electrons. The molecule has 1 aromatic rings. The Kier molecular flexibility index (Phi) is 6.01. The molecule has 0 amide bonds. The van der Waals surface area contributed by atoms with Gasteiger partial charge in [0.15, 0.2) is 0 Å². The van der Waals surface area contributed by atoms with Gasteiger partial charge in [0.25, 0.3) is 0 Å². The van der Waals surface area contributed by atoms with Crippen molar-refractivity contribution in [2.75, 3.05) is 20.3 Å². The van der Waals surface area contributed by atoms with Crippen molar-refractivity contribution < 1.29 is 9.47 Å². The first-order chi connectivity index (χ1) is 8.15. The third-order valence-electron chi connectivity index (χ3n) is 2.50. The minimum absolute atomic E-state index is 0.197. The lowest BCUT2D eigenvalue weighted by molar-refractivity contribution is 0.195. The summed E-state index contributed by atoms with van der Waals surface area (Å²) in [5.74, 6) is 0.958. The molecule has 3 heteroatoms. The smallest absolute Gasteiger partial charge is 0.124 e. The molecule has 0 radical (unpaired) electrons. The molecule has 0 saturated carbocycles. The zero-order valence-electron chi connectivity index (χ0n) is 11.2. The maximum absolute atomic E-state index is 5.80. The van der Waals surface area contributed by atoms with Crippen molar-refractivity contribution in [2.45, 2.75) is 32.9 Å². The van der Waals surface area contributed by atoms with Crippen LogP contribution < -0.4 is 10.1 Å². The lowest BCUT2D eigenvalue weighted by Gasteiger charge is -2.19. The zero-order valence-corrected chi connectivity index (χ0v) is 11.2. The van der Waals surface area contributed by atoms with Crippen molar-refractivity contribution >= 4 is 0 Å². The van der Waals surface area contributed by atoms with Crippen molar-refractivity contribution in [2.24, 2.45) is 0 Å². The van der Waals surface area contributed by atoms with Gasteiger partial charge in [0.1, 0.15) is 5.75 Å². The number of rotatable bonds is 7. The normalized spacial score (nSPS) is 12.8. The fraction of sp³-hybridized carbons (Fsp3) is 0.571. The van der Waals surface area contributed by atoms with Crippen LogP contribution in [0.1, 0.15) is 32.4 Å². The molecule has 17 heavy (non-hydrogen) atoms. The molecule has 0 saturated heterocycles. The summed E-state index contributed by atoms with van der Waals surface area (Å²) in [7, 11) is 1.71. The number of ether oxygens (including phenoxy) is 2. The van der Waals surface area contributed by atoms with Gasteiger partial charge in [-0.15, -0.1) is 0 Å². The first kappa shape index (κ1) is 14.0. The van der Waals surface area contributed by atoms with Gasteiger partial charge in [-0.1, -0.05) is 18.2 Å². The van der Waals surface area contributed by atoms with Crippen LogP contribution in [0.3, 0.4) is 0 Å². The van der Waals surface area contributed by atoms with Gasteiger partial charge in [-0.25, -0.2) is 0 Å². The van der Waals surface area contributed by atoms with Crippen molar-refractivity contribution in [3.63, 3.8) is 0 Å². The van der Waals surface area contributed by atoms with Crippen LogP contribution in [-0.2, 0) is 4.74 Å². The molecule has 1 rings (SSSR count). The first-order valence-corrected chi connectivity index (χ1v) is 6.13. The van der Waals surface area contributed by atoms with E-state index in [1.807, 2.05) is 32.0 Å². The number of methoxy groups -OCH3 is 1. The number of hydrogen-bond donors (Lipinski definition) is 1. The summed E-state index contributed by atoms with van der Waals surface area (Å²) in [6, 6.07) is 8.42. The number of benzene rings is 1. The van der Waals surface area contributed by atoms with Gasteiger partial charge in [-0.3, -0.25) is 0 Å². The molecule has 1 N–H and O–H groups in total. The van der Waals surface area contributed by atoms with E-state index in [4.69, 9.17) is 9.47 Å². The van der Waals surface area contributed by atoms with E-state index >= 15 is 0 Å². The van der Waals surface area contributed by atoms with Crippen LogP contribution in [0.15, 0.2) is 24.3 Å². The Labute approximate surface area is 104 Å². The highest BCUT2D eigenvalue weighted by Crippen LogP contribution is 2.25. The zero-order chi connectivity index (χ0) is 12.7. The van der Waals surface area contributed by atoms with E-state index in [9.17, 15) is 0 Å². The van der Waals surface area contributed by atoms with Crippen molar-refractivity contribution in [3.8, 4) is 5.75 Å². The van der Waals surface area contributed by atoms with Gasteiger partial charge in [-0.2, -0.15) is 0 Å². The molecule has 0 aliphatic carbocycles. The molecular weight excluding hydrogens is 214 g/mol. The van der Waals surface area contributed by atoms with Gasteiger partial charge < -0.3 is 14.8 Å². The summed E-state index contributed by atoms with van der Waals surface area (Å²) in [5.41, 5.74) is 1.19.